The molecule has 0 radical (unpaired) electrons. The van der Waals surface area contributed by atoms with Gasteiger partial charge in [-0.05, 0) is 128 Å². The van der Waals surface area contributed by atoms with E-state index < -0.39 is 0 Å². The number of hydrogen-bond donors (Lipinski definition) is 0. The summed E-state index contributed by atoms with van der Waals surface area (Å²) in [6.45, 7) is 0. The zero-order valence-corrected chi connectivity index (χ0v) is 35.4. The largest absolute Gasteiger partial charge is 0.455 e. The molecule has 2 aromatic heterocycles. The normalized spacial score (nSPS) is 11.7. The molecular formula is C62H40N2O. The van der Waals surface area contributed by atoms with Gasteiger partial charge >= 0.3 is 0 Å². The van der Waals surface area contributed by atoms with Gasteiger partial charge in [-0.2, -0.15) is 0 Å². The summed E-state index contributed by atoms with van der Waals surface area (Å²) in [6.07, 6.45) is 0. The lowest BCUT2D eigenvalue weighted by Crippen LogP contribution is -2.10. The Morgan fingerprint density at radius 3 is 1.62 bits per heavy atom. The minimum Gasteiger partial charge on any atom is -0.455 e. The molecule has 0 fully saturated rings. The molecule has 65 heavy (non-hydrogen) atoms. The molecule has 0 aliphatic rings. The second-order valence-electron chi connectivity index (χ2n) is 16.9. The highest BCUT2D eigenvalue weighted by atomic mass is 16.3. The Balaban J connectivity index is 1.01. The van der Waals surface area contributed by atoms with Gasteiger partial charge in [-0.25, -0.2) is 0 Å². The standard InChI is InChI=1S/C62H40N2O/c1-3-13-41(14-4-1)46-29-35-59-57(37-46)58-38-47(42-15-5-2-6-16-42)30-36-60(58)64(59)50-20-12-19-49(39-50)63(48-31-25-44(26-32-48)53-23-11-18-43-17-7-8-21-52(43)53)51-33-27-45-28-34-55-54-22-9-10-24-61(54)65-62(55)56(45)40-51/h1-40H. The van der Waals surface area contributed by atoms with Crippen molar-refractivity contribution in [2.45, 2.75) is 0 Å². The molecule has 0 N–H and O–H groups in total. The van der Waals surface area contributed by atoms with E-state index in [1.54, 1.807) is 0 Å². The zero-order valence-electron chi connectivity index (χ0n) is 35.4. The van der Waals surface area contributed by atoms with Crippen LogP contribution in [0.3, 0.4) is 0 Å². The highest BCUT2D eigenvalue weighted by Crippen LogP contribution is 2.43. The van der Waals surface area contributed by atoms with Crippen LogP contribution in [0.1, 0.15) is 0 Å². The van der Waals surface area contributed by atoms with Crippen LogP contribution in [0.25, 0.3) is 104 Å². The second-order valence-corrected chi connectivity index (χ2v) is 16.9. The quantitative estimate of drug-likeness (QED) is 0.160. The van der Waals surface area contributed by atoms with Gasteiger partial charge in [0.05, 0.1) is 11.0 Å². The van der Waals surface area contributed by atoms with E-state index in [0.29, 0.717) is 0 Å². The van der Waals surface area contributed by atoms with Crippen molar-refractivity contribution in [1.29, 1.82) is 0 Å². The van der Waals surface area contributed by atoms with Crippen molar-refractivity contribution in [1.82, 2.24) is 4.57 Å². The number of anilines is 3. The van der Waals surface area contributed by atoms with Crippen LogP contribution in [-0.4, -0.2) is 4.57 Å². The maximum Gasteiger partial charge on any atom is 0.143 e. The van der Waals surface area contributed by atoms with Crippen molar-refractivity contribution in [2.24, 2.45) is 0 Å². The summed E-state index contributed by atoms with van der Waals surface area (Å²) in [5.41, 5.74) is 15.6. The van der Waals surface area contributed by atoms with E-state index in [0.717, 1.165) is 66.5 Å². The van der Waals surface area contributed by atoms with Crippen molar-refractivity contribution in [3.63, 3.8) is 0 Å². The third-order valence-electron chi connectivity index (χ3n) is 13.2. The fraction of sp³-hybridized carbons (Fsp3) is 0. The van der Waals surface area contributed by atoms with Gasteiger partial charge in [-0.3, -0.25) is 0 Å². The van der Waals surface area contributed by atoms with Gasteiger partial charge in [0.2, 0.25) is 0 Å². The maximum absolute atomic E-state index is 6.61. The van der Waals surface area contributed by atoms with Crippen LogP contribution in [0.2, 0.25) is 0 Å². The molecule has 3 nitrogen and oxygen atoms in total. The molecular weight excluding hydrogens is 789 g/mol. The first-order chi connectivity index (χ1) is 32.2. The van der Waals surface area contributed by atoms with Gasteiger partial charge in [0.15, 0.2) is 0 Å². The highest BCUT2D eigenvalue weighted by Gasteiger charge is 2.20. The Morgan fingerprint density at radius 2 is 0.877 bits per heavy atom. The minimum absolute atomic E-state index is 0.895. The van der Waals surface area contributed by atoms with E-state index in [4.69, 9.17) is 4.42 Å². The van der Waals surface area contributed by atoms with E-state index in [9.17, 15) is 0 Å². The molecule has 0 saturated carbocycles. The SMILES string of the molecule is c1ccc(-c2ccc3c(c2)c2cc(-c4ccccc4)ccc2n3-c2cccc(N(c3ccc(-c4cccc5ccccc45)cc3)c3ccc4ccc5c6ccccc6oc5c4c3)c2)cc1. The monoisotopic (exact) mass is 828 g/mol. The summed E-state index contributed by atoms with van der Waals surface area (Å²) < 4.78 is 9.04. The van der Waals surface area contributed by atoms with Crippen molar-refractivity contribution in [2.75, 3.05) is 4.90 Å². The van der Waals surface area contributed by atoms with Crippen LogP contribution in [0.4, 0.5) is 17.1 Å². The lowest BCUT2D eigenvalue weighted by molar-refractivity contribution is 0.672. The average Bonchev–Trinajstić information content (AvgIpc) is 3.93. The number of furan rings is 1. The molecule has 2 heterocycles. The number of aromatic nitrogens is 1. The van der Waals surface area contributed by atoms with Crippen LogP contribution in [-0.2, 0) is 0 Å². The molecule has 0 spiro atoms. The Kier molecular flexibility index (Phi) is 8.53. The fourth-order valence-corrected chi connectivity index (χ4v) is 10.0. The van der Waals surface area contributed by atoms with Crippen LogP contribution < -0.4 is 4.90 Å². The maximum atomic E-state index is 6.61. The Bertz CT molecular complexity index is 3840. The first-order valence-electron chi connectivity index (χ1n) is 22.2. The minimum atomic E-state index is 0.895. The molecule has 11 aromatic carbocycles. The molecule has 13 rings (SSSR count). The smallest absolute Gasteiger partial charge is 0.143 e. The van der Waals surface area contributed by atoms with Gasteiger partial charge in [-0.15, -0.1) is 0 Å². The second kappa shape index (κ2) is 15.0. The molecule has 0 saturated heterocycles. The number of fused-ring (bicyclic) bond motifs is 9. The summed E-state index contributed by atoms with van der Waals surface area (Å²) in [5, 5.41) is 9.38. The van der Waals surface area contributed by atoms with Gasteiger partial charge in [0.1, 0.15) is 11.2 Å². The molecule has 0 unspecified atom stereocenters. The first-order valence-corrected chi connectivity index (χ1v) is 22.2. The lowest BCUT2D eigenvalue weighted by atomic mass is 9.98. The van der Waals surface area contributed by atoms with Crippen molar-refractivity contribution < 1.29 is 4.42 Å². The van der Waals surface area contributed by atoms with E-state index in [-0.39, 0.29) is 0 Å². The van der Waals surface area contributed by atoms with Gasteiger partial charge in [0, 0.05) is 49.7 Å². The lowest BCUT2D eigenvalue weighted by Gasteiger charge is -2.27. The molecule has 13 aromatic rings. The van der Waals surface area contributed by atoms with Crippen molar-refractivity contribution >= 4 is 82.4 Å². The fourth-order valence-electron chi connectivity index (χ4n) is 10.0. The zero-order chi connectivity index (χ0) is 42.8. The average molecular weight is 829 g/mol. The molecule has 0 amide bonds. The van der Waals surface area contributed by atoms with Crippen LogP contribution in [0, 0.1) is 0 Å². The summed E-state index contributed by atoms with van der Waals surface area (Å²) in [6, 6.07) is 87.8. The number of para-hydroxylation sites is 1. The van der Waals surface area contributed by atoms with Crippen LogP contribution in [0.5, 0.6) is 0 Å². The predicted octanol–water partition coefficient (Wildman–Crippen LogP) is 17.5. The number of benzene rings is 11. The number of nitrogens with zero attached hydrogens (tertiary/aromatic N) is 2. The third-order valence-corrected chi connectivity index (χ3v) is 13.2. The Labute approximate surface area is 376 Å². The Morgan fingerprint density at radius 1 is 0.308 bits per heavy atom. The topological polar surface area (TPSA) is 21.3 Å². The summed E-state index contributed by atoms with van der Waals surface area (Å²) in [7, 11) is 0. The van der Waals surface area contributed by atoms with Crippen molar-refractivity contribution in [3.05, 3.63) is 243 Å². The molecule has 0 aliphatic heterocycles. The third kappa shape index (κ3) is 6.20. The van der Waals surface area contributed by atoms with Gasteiger partial charge < -0.3 is 13.9 Å². The summed E-state index contributed by atoms with van der Waals surface area (Å²) in [4.78, 5) is 2.38. The number of hydrogen-bond acceptors (Lipinski definition) is 2. The first kappa shape index (κ1) is 36.9. The Hall–Kier alpha value is -8.66. The van der Waals surface area contributed by atoms with E-state index in [1.165, 1.54) is 54.9 Å². The number of rotatable bonds is 7. The highest BCUT2D eigenvalue weighted by molar-refractivity contribution is 6.16. The molecule has 3 heteroatoms. The summed E-state index contributed by atoms with van der Waals surface area (Å²) >= 11 is 0. The van der Waals surface area contributed by atoms with Gasteiger partial charge in [-0.1, -0.05) is 164 Å². The molecule has 304 valence electrons. The van der Waals surface area contributed by atoms with Gasteiger partial charge in [0.25, 0.3) is 0 Å². The van der Waals surface area contributed by atoms with E-state index in [1.807, 2.05) is 6.07 Å². The van der Waals surface area contributed by atoms with E-state index in [2.05, 4.69) is 246 Å². The predicted molar refractivity (Wildman–Crippen MR) is 274 cm³/mol. The molecule has 0 aliphatic carbocycles. The summed E-state index contributed by atoms with van der Waals surface area (Å²) in [5.74, 6) is 0. The van der Waals surface area contributed by atoms with E-state index >= 15 is 0 Å². The van der Waals surface area contributed by atoms with Crippen LogP contribution in [0.15, 0.2) is 247 Å². The molecule has 0 atom stereocenters. The van der Waals surface area contributed by atoms with Crippen LogP contribution >= 0.6 is 0 Å². The van der Waals surface area contributed by atoms with Crippen molar-refractivity contribution in [3.8, 4) is 39.1 Å². The molecule has 0 bridgehead atoms.